The number of aromatic nitrogens is 2. The van der Waals surface area contributed by atoms with E-state index >= 15 is 0 Å². The molecule has 1 aliphatic carbocycles. The van der Waals surface area contributed by atoms with Crippen LogP contribution in [0, 0.1) is 5.92 Å². The SMILES string of the molecule is O=C(Cn1ncc2ccccc2c1=O)N1CCN2[C@@H](COC[C@@H]2C2CC2)C1. The molecule has 2 aromatic rings. The molecular weight excluding hydrogens is 344 g/mol. The minimum atomic E-state index is -0.213. The third-order valence-corrected chi connectivity index (χ3v) is 6.12. The zero-order valence-electron chi connectivity index (χ0n) is 15.3. The molecule has 1 saturated carbocycles. The van der Waals surface area contributed by atoms with Gasteiger partial charge >= 0.3 is 0 Å². The van der Waals surface area contributed by atoms with Gasteiger partial charge < -0.3 is 9.64 Å². The number of carbonyl (C=O) groups excluding carboxylic acids is 1. The second kappa shape index (κ2) is 6.73. The lowest BCUT2D eigenvalue weighted by Gasteiger charge is -2.48. The van der Waals surface area contributed by atoms with Crippen LogP contribution in [0.2, 0.25) is 0 Å². The number of rotatable bonds is 3. The first kappa shape index (κ1) is 16.9. The Hall–Kier alpha value is -2.25. The van der Waals surface area contributed by atoms with E-state index in [1.54, 1.807) is 12.3 Å². The van der Waals surface area contributed by atoms with Crippen LogP contribution in [0.4, 0.5) is 0 Å². The van der Waals surface area contributed by atoms with E-state index in [9.17, 15) is 9.59 Å². The average molecular weight is 368 g/mol. The van der Waals surface area contributed by atoms with Gasteiger partial charge in [0.15, 0.2) is 0 Å². The molecule has 0 unspecified atom stereocenters. The van der Waals surface area contributed by atoms with Gasteiger partial charge in [0, 0.05) is 31.1 Å². The number of ether oxygens (including phenoxy) is 1. The average Bonchev–Trinajstić information content (AvgIpc) is 3.54. The molecular formula is C20H24N4O3. The molecule has 0 radical (unpaired) electrons. The van der Waals surface area contributed by atoms with Crippen LogP contribution in [-0.2, 0) is 16.1 Å². The van der Waals surface area contributed by atoms with Crippen molar-refractivity contribution in [2.75, 3.05) is 32.8 Å². The van der Waals surface area contributed by atoms with Gasteiger partial charge in [-0.1, -0.05) is 18.2 Å². The molecule has 3 fully saturated rings. The van der Waals surface area contributed by atoms with Crippen LogP contribution in [0.15, 0.2) is 35.3 Å². The largest absolute Gasteiger partial charge is 0.378 e. The highest BCUT2D eigenvalue weighted by Crippen LogP contribution is 2.38. The summed E-state index contributed by atoms with van der Waals surface area (Å²) in [5.74, 6) is 0.725. The van der Waals surface area contributed by atoms with Crippen LogP contribution in [0.5, 0.6) is 0 Å². The smallest absolute Gasteiger partial charge is 0.275 e. The first-order chi connectivity index (χ1) is 13.2. The van der Waals surface area contributed by atoms with E-state index in [-0.39, 0.29) is 24.1 Å². The number of nitrogens with zero attached hydrogens (tertiary/aromatic N) is 4. The van der Waals surface area contributed by atoms with Gasteiger partial charge in [-0.3, -0.25) is 14.5 Å². The summed E-state index contributed by atoms with van der Waals surface area (Å²) in [5, 5.41) is 5.58. The second-order valence-corrected chi connectivity index (χ2v) is 7.87. The lowest BCUT2D eigenvalue weighted by atomic mass is 10.0. The molecule has 7 heteroatoms. The summed E-state index contributed by atoms with van der Waals surface area (Å²) >= 11 is 0. The van der Waals surface area contributed by atoms with Gasteiger partial charge in [0.05, 0.1) is 30.8 Å². The molecule has 7 nitrogen and oxygen atoms in total. The number of morpholine rings is 1. The van der Waals surface area contributed by atoms with Crippen molar-refractivity contribution in [3.63, 3.8) is 0 Å². The van der Waals surface area contributed by atoms with Gasteiger partial charge in [-0.15, -0.1) is 0 Å². The number of fused-ring (bicyclic) bond motifs is 2. The monoisotopic (exact) mass is 368 g/mol. The van der Waals surface area contributed by atoms with Crippen LogP contribution in [-0.4, -0.2) is 70.4 Å². The number of piperazine rings is 1. The third kappa shape index (κ3) is 3.15. The molecule has 3 heterocycles. The number of benzene rings is 1. The Morgan fingerprint density at radius 1 is 1.19 bits per heavy atom. The molecule has 142 valence electrons. The Kier molecular flexibility index (Phi) is 4.21. The minimum Gasteiger partial charge on any atom is -0.378 e. The van der Waals surface area contributed by atoms with E-state index in [1.165, 1.54) is 17.5 Å². The number of carbonyl (C=O) groups is 1. The summed E-state index contributed by atoms with van der Waals surface area (Å²) in [4.78, 5) is 29.8. The van der Waals surface area contributed by atoms with E-state index in [0.717, 1.165) is 24.5 Å². The van der Waals surface area contributed by atoms with Crippen molar-refractivity contribution in [3.05, 3.63) is 40.8 Å². The molecule has 2 aliphatic heterocycles. The van der Waals surface area contributed by atoms with Crippen molar-refractivity contribution < 1.29 is 9.53 Å². The maximum atomic E-state index is 12.8. The first-order valence-electron chi connectivity index (χ1n) is 9.77. The predicted molar refractivity (Wildman–Crippen MR) is 100 cm³/mol. The maximum Gasteiger partial charge on any atom is 0.275 e. The second-order valence-electron chi connectivity index (χ2n) is 7.87. The molecule has 27 heavy (non-hydrogen) atoms. The fraction of sp³-hybridized carbons (Fsp3) is 0.550. The lowest BCUT2D eigenvalue weighted by molar-refractivity contribution is -0.141. The van der Waals surface area contributed by atoms with Gasteiger partial charge in [0.25, 0.3) is 5.56 Å². The Morgan fingerprint density at radius 2 is 2.04 bits per heavy atom. The van der Waals surface area contributed by atoms with E-state index in [2.05, 4.69) is 10.00 Å². The quantitative estimate of drug-likeness (QED) is 0.799. The van der Waals surface area contributed by atoms with Crippen molar-refractivity contribution in [2.24, 2.45) is 5.92 Å². The number of hydrogen-bond acceptors (Lipinski definition) is 5. The van der Waals surface area contributed by atoms with Gasteiger partial charge in [-0.25, -0.2) is 4.68 Å². The predicted octanol–water partition coefficient (Wildman–Crippen LogP) is 0.718. The highest BCUT2D eigenvalue weighted by Gasteiger charge is 2.43. The molecule has 3 aliphatic rings. The highest BCUT2D eigenvalue weighted by molar-refractivity contribution is 5.81. The van der Waals surface area contributed by atoms with Gasteiger partial charge in [-0.05, 0) is 24.8 Å². The normalized spacial score (nSPS) is 26.1. The van der Waals surface area contributed by atoms with Crippen molar-refractivity contribution >= 4 is 16.7 Å². The summed E-state index contributed by atoms with van der Waals surface area (Å²) in [5.41, 5.74) is -0.213. The minimum absolute atomic E-state index is 0.0106. The Bertz CT molecular complexity index is 923. The topological polar surface area (TPSA) is 67.7 Å². The van der Waals surface area contributed by atoms with Gasteiger partial charge in [0.1, 0.15) is 6.54 Å². The Balaban J connectivity index is 1.29. The molecule has 1 aromatic carbocycles. The molecule has 0 N–H and O–H groups in total. The third-order valence-electron chi connectivity index (χ3n) is 6.12. The number of hydrogen-bond donors (Lipinski definition) is 0. The molecule has 0 spiro atoms. The molecule has 5 rings (SSSR count). The lowest BCUT2D eigenvalue weighted by Crippen LogP contribution is -2.63. The van der Waals surface area contributed by atoms with E-state index in [4.69, 9.17) is 4.74 Å². The summed E-state index contributed by atoms with van der Waals surface area (Å²) in [6.07, 6.45) is 4.25. The molecule has 1 amide bonds. The van der Waals surface area contributed by atoms with Crippen LogP contribution >= 0.6 is 0 Å². The molecule has 2 atom stereocenters. The summed E-state index contributed by atoms with van der Waals surface area (Å²) in [6, 6.07) is 8.12. The van der Waals surface area contributed by atoms with Crippen LogP contribution in [0.3, 0.4) is 0 Å². The number of amides is 1. The van der Waals surface area contributed by atoms with Crippen molar-refractivity contribution in [1.82, 2.24) is 19.6 Å². The molecule has 2 saturated heterocycles. The van der Waals surface area contributed by atoms with Crippen LogP contribution < -0.4 is 5.56 Å². The van der Waals surface area contributed by atoms with Crippen molar-refractivity contribution in [2.45, 2.75) is 31.5 Å². The van der Waals surface area contributed by atoms with E-state index < -0.39 is 0 Å². The fourth-order valence-electron chi connectivity index (χ4n) is 4.46. The molecule has 0 bridgehead atoms. The summed E-state index contributed by atoms with van der Waals surface area (Å²) in [6.45, 7) is 3.77. The Labute approximate surface area is 157 Å². The zero-order valence-corrected chi connectivity index (χ0v) is 15.3. The Morgan fingerprint density at radius 3 is 2.89 bits per heavy atom. The van der Waals surface area contributed by atoms with E-state index in [0.29, 0.717) is 31.1 Å². The highest BCUT2D eigenvalue weighted by atomic mass is 16.5. The fourth-order valence-corrected chi connectivity index (χ4v) is 4.46. The van der Waals surface area contributed by atoms with Crippen LogP contribution in [0.25, 0.3) is 10.8 Å². The van der Waals surface area contributed by atoms with Gasteiger partial charge in [-0.2, -0.15) is 5.10 Å². The van der Waals surface area contributed by atoms with Crippen molar-refractivity contribution in [3.8, 4) is 0 Å². The van der Waals surface area contributed by atoms with Gasteiger partial charge in [0.2, 0.25) is 5.91 Å². The van der Waals surface area contributed by atoms with Crippen LogP contribution in [0.1, 0.15) is 12.8 Å². The summed E-state index contributed by atoms with van der Waals surface area (Å²) < 4.78 is 7.10. The standard InChI is InChI=1S/C20H24N4O3/c25-19(11-24-20(26)17-4-2-1-3-15(17)9-21-24)22-7-8-23-16(10-22)12-27-13-18(23)14-5-6-14/h1-4,9,14,16,18H,5-8,10-13H2/t16-,18-/m1/s1. The maximum absolute atomic E-state index is 12.8. The molecule has 1 aromatic heterocycles. The van der Waals surface area contributed by atoms with E-state index in [1.807, 2.05) is 23.1 Å². The zero-order chi connectivity index (χ0) is 18.4. The van der Waals surface area contributed by atoms with Crippen molar-refractivity contribution in [1.29, 1.82) is 0 Å². The first-order valence-corrected chi connectivity index (χ1v) is 9.77. The summed E-state index contributed by atoms with van der Waals surface area (Å²) in [7, 11) is 0.